The molecule has 0 bridgehead atoms. The van der Waals surface area contributed by atoms with Gasteiger partial charge in [0.2, 0.25) is 0 Å². The van der Waals surface area contributed by atoms with Crippen molar-refractivity contribution in [2.45, 2.75) is 12.8 Å². The Bertz CT molecular complexity index is 771. The van der Waals surface area contributed by atoms with E-state index in [1.807, 2.05) is 6.07 Å². The van der Waals surface area contributed by atoms with Gasteiger partial charge in [0, 0.05) is 23.1 Å². The molecule has 1 aliphatic rings. The van der Waals surface area contributed by atoms with Crippen molar-refractivity contribution < 1.29 is 14.4 Å². The largest absolute Gasteiger partial charge is 0.294 e. The summed E-state index contributed by atoms with van der Waals surface area (Å²) >= 11 is 0. The molecule has 0 N–H and O–H groups in total. The third-order valence-electron chi connectivity index (χ3n) is 3.76. The van der Waals surface area contributed by atoms with Crippen LogP contribution in [-0.4, -0.2) is 17.3 Å². The van der Waals surface area contributed by atoms with Crippen LogP contribution < -0.4 is 0 Å². The molecule has 0 spiro atoms. The van der Waals surface area contributed by atoms with Crippen LogP contribution in [0.15, 0.2) is 71.8 Å². The van der Waals surface area contributed by atoms with Gasteiger partial charge in [-0.1, -0.05) is 60.7 Å². The SMILES string of the molecule is O=C1CCC(C(=O)c2ccccc2)=C1C(=O)c1ccccc1. The lowest BCUT2D eigenvalue weighted by molar-refractivity contribution is -0.114. The van der Waals surface area contributed by atoms with Gasteiger partial charge in [0.1, 0.15) is 0 Å². The minimum absolute atomic E-state index is 0.0556. The summed E-state index contributed by atoms with van der Waals surface area (Å²) in [4.78, 5) is 37.3. The fraction of sp³-hybridized carbons (Fsp3) is 0.105. The summed E-state index contributed by atoms with van der Waals surface area (Å²) in [6, 6.07) is 17.4. The number of carbonyl (C=O) groups is 3. The van der Waals surface area contributed by atoms with E-state index in [1.54, 1.807) is 54.6 Å². The molecule has 0 unspecified atom stereocenters. The maximum atomic E-state index is 12.6. The molecule has 1 aliphatic carbocycles. The zero-order valence-corrected chi connectivity index (χ0v) is 11.9. The zero-order valence-electron chi connectivity index (χ0n) is 11.9. The number of allylic oxidation sites excluding steroid dienone is 2. The average Bonchev–Trinajstić information content (AvgIpc) is 2.96. The maximum absolute atomic E-state index is 12.6. The standard InChI is InChI=1S/C19H14O3/c20-16-12-11-15(18(21)13-7-3-1-4-8-13)17(16)19(22)14-9-5-2-6-10-14/h1-10H,11-12H2. The van der Waals surface area contributed by atoms with Crippen LogP contribution in [0.1, 0.15) is 33.6 Å². The van der Waals surface area contributed by atoms with Crippen LogP contribution in [0.3, 0.4) is 0 Å². The highest BCUT2D eigenvalue weighted by molar-refractivity contribution is 6.32. The lowest BCUT2D eigenvalue weighted by Gasteiger charge is -2.05. The second-order valence-electron chi connectivity index (χ2n) is 5.17. The Morgan fingerprint density at radius 3 is 1.73 bits per heavy atom. The quantitative estimate of drug-likeness (QED) is 0.640. The van der Waals surface area contributed by atoms with Gasteiger partial charge in [0.25, 0.3) is 0 Å². The summed E-state index contributed by atoms with van der Waals surface area (Å²) in [7, 11) is 0. The number of ketones is 3. The topological polar surface area (TPSA) is 51.2 Å². The number of hydrogen-bond donors (Lipinski definition) is 0. The zero-order chi connectivity index (χ0) is 15.5. The number of hydrogen-bond acceptors (Lipinski definition) is 3. The van der Waals surface area contributed by atoms with E-state index in [0.29, 0.717) is 23.1 Å². The first-order valence-electron chi connectivity index (χ1n) is 7.14. The van der Waals surface area contributed by atoms with Crippen molar-refractivity contribution in [2.75, 3.05) is 0 Å². The van der Waals surface area contributed by atoms with Crippen molar-refractivity contribution in [3.63, 3.8) is 0 Å². The Balaban J connectivity index is 2.04. The van der Waals surface area contributed by atoms with Crippen molar-refractivity contribution in [1.29, 1.82) is 0 Å². The molecule has 0 aliphatic heterocycles. The molecule has 3 nitrogen and oxygen atoms in total. The highest BCUT2D eigenvalue weighted by Gasteiger charge is 2.32. The van der Waals surface area contributed by atoms with E-state index in [1.165, 1.54) is 0 Å². The van der Waals surface area contributed by atoms with Gasteiger partial charge in [-0.05, 0) is 6.42 Å². The van der Waals surface area contributed by atoms with Gasteiger partial charge in [-0.25, -0.2) is 0 Å². The molecule has 0 atom stereocenters. The third-order valence-corrected chi connectivity index (χ3v) is 3.76. The minimum atomic E-state index is -0.359. The van der Waals surface area contributed by atoms with Crippen LogP contribution in [0.2, 0.25) is 0 Å². The number of carbonyl (C=O) groups excluding carboxylic acids is 3. The third kappa shape index (κ3) is 2.53. The van der Waals surface area contributed by atoms with Gasteiger partial charge in [-0.3, -0.25) is 14.4 Å². The summed E-state index contributed by atoms with van der Waals surface area (Å²) in [5, 5.41) is 0. The number of Topliss-reactive ketones (excluding diaryl/α,β-unsaturated/α-hetero) is 3. The molecule has 0 heterocycles. The number of benzene rings is 2. The lowest BCUT2D eigenvalue weighted by atomic mass is 9.95. The van der Waals surface area contributed by atoms with Gasteiger partial charge in [-0.2, -0.15) is 0 Å². The fourth-order valence-corrected chi connectivity index (χ4v) is 2.65. The molecule has 3 rings (SSSR count). The molecule has 108 valence electrons. The second kappa shape index (κ2) is 5.90. The fourth-order valence-electron chi connectivity index (χ4n) is 2.65. The molecule has 3 heteroatoms. The van der Waals surface area contributed by atoms with Crippen LogP contribution in [0.4, 0.5) is 0 Å². The summed E-state index contributed by atoms with van der Waals surface area (Å²) in [5.41, 5.74) is 1.33. The van der Waals surface area contributed by atoms with Crippen LogP contribution in [-0.2, 0) is 4.79 Å². The van der Waals surface area contributed by atoms with Crippen molar-refractivity contribution >= 4 is 17.3 Å². The summed E-state index contributed by atoms with van der Waals surface area (Å²) in [6.07, 6.45) is 0.558. The Morgan fingerprint density at radius 2 is 1.18 bits per heavy atom. The normalized spacial score (nSPS) is 14.3. The van der Waals surface area contributed by atoms with Crippen LogP contribution >= 0.6 is 0 Å². The monoisotopic (exact) mass is 290 g/mol. The molecule has 2 aromatic rings. The van der Waals surface area contributed by atoms with Gasteiger partial charge in [0.05, 0.1) is 5.57 Å². The van der Waals surface area contributed by atoms with Gasteiger partial charge in [0.15, 0.2) is 17.3 Å². The van der Waals surface area contributed by atoms with Gasteiger partial charge in [-0.15, -0.1) is 0 Å². The van der Waals surface area contributed by atoms with E-state index in [2.05, 4.69) is 0 Å². The summed E-state index contributed by atoms with van der Waals surface area (Å²) in [5.74, 6) is -0.832. The Kier molecular flexibility index (Phi) is 3.79. The molecule has 22 heavy (non-hydrogen) atoms. The van der Waals surface area contributed by atoms with E-state index in [4.69, 9.17) is 0 Å². The van der Waals surface area contributed by atoms with Crippen molar-refractivity contribution in [3.8, 4) is 0 Å². The van der Waals surface area contributed by atoms with Gasteiger partial charge < -0.3 is 0 Å². The minimum Gasteiger partial charge on any atom is -0.294 e. The first-order chi connectivity index (χ1) is 10.7. The highest BCUT2D eigenvalue weighted by atomic mass is 16.2. The molecule has 0 fully saturated rings. The summed E-state index contributed by atoms with van der Waals surface area (Å²) in [6.45, 7) is 0. The first kappa shape index (κ1) is 14.1. The van der Waals surface area contributed by atoms with E-state index in [0.717, 1.165) is 0 Å². The predicted molar refractivity (Wildman–Crippen MR) is 82.8 cm³/mol. The lowest BCUT2D eigenvalue weighted by Crippen LogP contribution is -2.13. The Labute approximate surface area is 128 Å². The Morgan fingerprint density at radius 1 is 0.682 bits per heavy atom. The molecule has 0 amide bonds. The first-order valence-corrected chi connectivity index (χ1v) is 7.14. The number of rotatable bonds is 4. The van der Waals surface area contributed by atoms with E-state index < -0.39 is 0 Å². The molecule has 0 saturated carbocycles. The molecular formula is C19H14O3. The van der Waals surface area contributed by atoms with E-state index >= 15 is 0 Å². The summed E-state index contributed by atoms with van der Waals surface area (Å²) < 4.78 is 0. The van der Waals surface area contributed by atoms with Crippen LogP contribution in [0, 0.1) is 0 Å². The van der Waals surface area contributed by atoms with E-state index in [-0.39, 0.29) is 29.3 Å². The van der Waals surface area contributed by atoms with Crippen molar-refractivity contribution in [3.05, 3.63) is 82.9 Å². The second-order valence-corrected chi connectivity index (χ2v) is 5.17. The molecule has 0 radical (unpaired) electrons. The molecule has 0 saturated heterocycles. The van der Waals surface area contributed by atoms with Crippen molar-refractivity contribution in [1.82, 2.24) is 0 Å². The van der Waals surface area contributed by atoms with E-state index in [9.17, 15) is 14.4 Å². The smallest absolute Gasteiger partial charge is 0.197 e. The Hall–Kier alpha value is -2.81. The predicted octanol–water partition coefficient (Wildman–Crippen LogP) is 3.41. The van der Waals surface area contributed by atoms with Gasteiger partial charge >= 0.3 is 0 Å². The average molecular weight is 290 g/mol. The van der Waals surface area contributed by atoms with Crippen LogP contribution in [0.5, 0.6) is 0 Å². The molecule has 0 aromatic heterocycles. The molecule has 2 aromatic carbocycles. The maximum Gasteiger partial charge on any atom is 0.197 e. The van der Waals surface area contributed by atoms with Crippen LogP contribution in [0.25, 0.3) is 0 Å². The highest BCUT2D eigenvalue weighted by Crippen LogP contribution is 2.28. The molecular weight excluding hydrogens is 276 g/mol. The van der Waals surface area contributed by atoms with Crippen molar-refractivity contribution in [2.24, 2.45) is 0 Å².